The Balaban J connectivity index is 1.77. The lowest BCUT2D eigenvalue weighted by Crippen LogP contribution is -2.24. The van der Waals surface area contributed by atoms with Gasteiger partial charge in [0.25, 0.3) is 0 Å². The summed E-state index contributed by atoms with van der Waals surface area (Å²) in [6, 6.07) is 11.6. The van der Waals surface area contributed by atoms with Crippen LogP contribution in [0.5, 0.6) is 0 Å². The number of para-hydroxylation sites is 1. The van der Waals surface area contributed by atoms with Crippen LogP contribution < -0.4 is 10.3 Å². The standard InChI is InChI=1S/C21H18N4OS/c1-12-10-17(27-13(12)2)19-18-15(11-25(19)21-22-8-5-9-23-21)20(26)14-6-3-4-7-16(14)24-18/h3-10,19H,11H2,1-2H3,(H,24,26). The Morgan fingerprint density at radius 1 is 1.15 bits per heavy atom. The van der Waals surface area contributed by atoms with Crippen LogP contribution in [-0.4, -0.2) is 15.0 Å². The van der Waals surface area contributed by atoms with Crippen molar-refractivity contribution in [2.45, 2.75) is 26.4 Å². The first-order valence-electron chi connectivity index (χ1n) is 8.88. The minimum atomic E-state index is -0.0860. The van der Waals surface area contributed by atoms with Gasteiger partial charge in [0, 0.05) is 38.6 Å². The second-order valence-corrected chi connectivity index (χ2v) is 8.15. The maximum atomic E-state index is 13.2. The molecule has 3 aromatic heterocycles. The molecule has 0 amide bonds. The average Bonchev–Trinajstić information content (AvgIpc) is 3.23. The summed E-state index contributed by atoms with van der Waals surface area (Å²) in [6.45, 7) is 4.75. The predicted molar refractivity (Wildman–Crippen MR) is 108 cm³/mol. The lowest BCUT2D eigenvalue weighted by atomic mass is 10.1. The van der Waals surface area contributed by atoms with E-state index in [0.717, 1.165) is 22.2 Å². The van der Waals surface area contributed by atoms with Crippen molar-refractivity contribution in [3.63, 3.8) is 0 Å². The Labute approximate surface area is 160 Å². The molecule has 0 bridgehead atoms. The van der Waals surface area contributed by atoms with E-state index >= 15 is 0 Å². The topological polar surface area (TPSA) is 61.9 Å². The molecular weight excluding hydrogens is 356 g/mol. The highest BCUT2D eigenvalue weighted by Crippen LogP contribution is 2.42. The maximum absolute atomic E-state index is 13.2. The second kappa shape index (κ2) is 6.03. The number of aryl methyl sites for hydroxylation is 2. The SMILES string of the molecule is Cc1cc(C2c3[nH]c4ccccc4c(=O)c3CN2c2ncccn2)sc1C. The highest BCUT2D eigenvalue weighted by Gasteiger charge is 2.37. The number of H-pyrrole nitrogens is 1. The molecule has 1 unspecified atom stereocenters. The Morgan fingerprint density at radius 2 is 1.93 bits per heavy atom. The minimum absolute atomic E-state index is 0.0860. The summed E-state index contributed by atoms with van der Waals surface area (Å²) >= 11 is 1.77. The Morgan fingerprint density at radius 3 is 2.67 bits per heavy atom. The van der Waals surface area contributed by atoms with E-state index in [1.54, 1.807) is 29.8 Å². The minimum Gasteiger partial charge on any atom is -0.356 e. The summed E-state index contributed by atoms with van der Waals surface area (Å²) < 4.78 is 0. The number of nitrogens with zero attached hydrogens (tertiary/aromatic N) is 3. The van der Waals surface area contributed by atoms with Crippen molar-refractivity contribution in [1.82, 2.24) is 15.0 Å². The van der Waals surface area contributed by atoms with E-state index in [1.807, 2.05) is 24.3 Å². The van der Waals surface area contributed by atoms with Gasteiger partial charge >= 0.3 is 0 Å². The Bertz CT molecular complexity index is 1190. The van der Waals surface area contributed by atoms with Crippen LogP contribution in [0.4, 0.5) is 5.95 Å². The highest BCUT2D eigenvalue weighted by atomic mass is 32.1. The number of thiophene rings is 1. The average molecular weight is 374 g/mol. The number of hydrogen-bond donors (Lipinski definition) is 1. The van der Waals surface area contributed by atoms with Crippen molar-refractivity contribution >= 4 is 28.2 Å². The summed E-state index contributed by atoms with van der Waals surface area (Å²) in [4.78, 5) is 30.2. The van der Waals surface area contributed by atoms with Crippen LogP contribution in [-0.2, 0) is 6.54 Å². The third-order valence-corrected chi connectivity index (χ3v) is 6.42. The number of nitrogens with one attached hydrogen (secondary N) is 1. The van der Waals surface area contributed by atoms with E-state index < -0.39 is 0 Å². The summed E-state index contributed by atoms with van der Waals surface area (Å²) in [5, 5.41) is 0.726. The van der Waals surface area contributed by atoms with Gasteiger partial charge in [0.1, 0.15) is 6.04 Å². The number of anilines is 1. The zero-order valence-electron chi connectivity index (χ0n) is 15.1. The van der Waals surface area contributed by atoms with Crippen molar-refractivity contribution in [3.05, 3.63) is 85.6 Å². The number of benzene rings is 1. The number of pyridine rings is 1. The number of fused-ring (bicyclic) bond motifs is 2. The first-order chi connectivity index (χ1) is 13.1. The van der Waals surface area contributed by atoms with Gasteiger partial charge in [-0.25, -0.2) is 9.97 Å². The van der Waals surface area contributed by atoms with Crippen molar-refractivity contribution < 1.29 is 0 Å². The maximum Gasteiger partial charge on any atom is 0.226 e. The fourth-order valence-corrected chi connectivity index (χ4v) is 4.93. The van der Waals surface area contributed by atoms with Crippen molar-refractivity contribution in [3.8, 4) is 0 Å². The molecule has 0 fully saturated rings. The third-order valence-electron chi connectivity index (χ3n) is 5.22. The molecule has 5 rings (SSSR count). The molecule has 0 spiro atoms. The zero-order chi connectivity index (χ0) is 18.5. The molecule has 1 N–H and O–H groups in total. The normalized spacial score (nSPS) is 16.1. The quantitative estimate of drug-likeness (QED) is 0.574. The number of hydrogen-bond acceptors (Lipinski definition) is 5. The van der Waals surface area contributed by atoms with Gasteiger partial charge in [-0.2, -0.15) is 0 Å². The monoisotopic (exact) mass is 374 g/mol. The van der Waals surface area contributed by atoms with Crippen LogP contribution in [0.2, 0.25) is 0 Å². The van der Waals surface area contributed by atoms with E-state index in [1.165, 1.54) is 15.3 Å². The molecular formula is C21H18N4OS. The molecule has 0 aliphatic carbocycles. The molecule has 1 aliphatic rings. The van der Waals surface area contributed by atoms with Crippen LogP contribution >= 0.6 is 11.3 Å². The molecule has 6 heteroatoms. The lowest BCUT2D eigenvalue weighted by molar-refractivity contribution is 0.738. The van der Waals surface area contributed by atoms with Gasteiger partial charge in [0.15, 0.2) is 5.43 Å². The van der Waals surface area contributed by atoms with Crippen LogP contribution in [0, 0.1) is 13.8 Å². The van der Waals surface area contributed by atoms with Gasteiger partial charge in [-0.1, -0.05) is 12.1 Å². The van der Waals surface area contributed by atoms with Gasteiger partial charge in [0.2, 0.25) is 5.95 Å². The third kappa shape index (κ3) is 2.48. The highest BCUT2D eigenvalue weighted by molar-refractivity contribution is 7.12. The van der Waals surface area contributed by atoms with Crippen LogP contribution in [0.1, 0.15) is 32.6 Å². The predicted octanol–water partition coefficient (Wildman–Crippen LogP) is 4.11. The smallest absolute Gasteiger partial charge is 0.226 e. The first kappa shape index (κ1) is 16.2. The Hall–Kier alpha value is -2.99. The zero-order valence-corrected chi connectivity index (χ0v) is 15.9. The van der Waals surface area contributed by atoms with Crippen LogP contribution in [0.15, 0.2) is 53.6 Å². The molecule has 0 radical (unpaired) electrons. The summed E-state index contributed by atoms with van der Waals surface area (Å²) in [7, 11) is 0. The molecule has 27 heavy (non-hydrogen) atoms. The summed E-state index contributed by atoms with van der Waals surface area (Å²) in [5.74, 6) is 0.638. The summed E-state index contributed by atoms with van der Waals surface area (Å²) in [5.41, 5.74) is 3.97. The number of rotatable bonds is 2. The van der Waals surface area contributed by atoms with Crippen molar-refractivity contribution in [1.29, 1.82) is 0 Å². The van der Waals surface area contributed by atoms with Crippen molar-refractivity contribution in [2.75, 3.05) is 4.90 Å². The molecule has 4 aromatic rings. The van der Waals surface area contributed by atoms with Crippen molar-refractivity contribution in [2.24, 2.45) is 0 Å². The van der Waals surface area contributed by atoms with Gasteiger partial charge < -0.3 is 9.88 Å². The lowest BCUT2D eigenvalue weighted by Gasteiger charge is -2.24. The van der Waals surface area contributed by atoms with E-state index in [2.05, 4.69) is 39.8 Å². The molecule has 0 saturated heterocycles. The molecule has 0 saturated carbocycles. The number of aromatic amines is 1. The molecule has 4 heterocycles. The van der Waals surface area contributed by atoms with Crippen LogP contribution in [0.25, 0.3) is 10.9 Å². The second-order valence-electron chi connectivity index (χ2n) is 6.86. The van der Waals surface area contributed by atoms with E-state index in [4.69, 9.17) is 0 Å². The van der Waals surface area contributed by atoms with E-state index in [0.29, 0.717) is 12.5 Å². The van der Waals surface area contributed by atoms with Gasteiger partial charge in [0.05, 0.1) is 12.2 Å². The first-order valence-corrected chi connectivity index (χ1v) is 9.69. The molecule has 5 nitrogen and oxygen atoms in total. The van der Waals surface area contributed by atoms with E-state index in [-0.39, 0.29) is 11.5 Å². The largest absolute Gasteiger partial charge is 0.356 e. The fraction of sp³-hybridized carbons (Fsp3) is 0.190. The van der Waals surface area contributed by atoms with E-state index in [9.17, 15) is 4.79 Å². The van der Waals surface area contributed by atoms with Gasteiger partial charge in [-0.3, -0.25) is 4.79 Å². The molecule has 1 atom stereocenters. The molecule has 134 valence electrons. The fourth-order valence-electron chi connectivity index (χ4n) is 3.76. The summed E-state index contributed by atoms with van der Waals surface area (Å²) in [6.07, 6.45) is 3.48. The molecule has 1 aliphatic heterocycles. The van der Waals surface area contributed by atoms with Gasteiger partial charge in [-0.05, 0) is 43.7 Å². The Kier molecular flexibility index (Phi) is 3.62. The van der Waals surface area contributed by atoms with Crippen LogP contribution in [0.3, 0.4) is 0 Å². The molecule has 1 aromatic carbocycles. The van der Waals surface area contributed by atoms with Gasteiger partial charge in [-0.15, -0.1) is 11.3 Å². The number of aromatic nitrogens is 3.